The fourth-order valence-corrected chi connectivity index (χ4v) is 2.26. The Hall–Kier alpha value is -1.26. The highest BCUT2D eigenvalue weighted by Crippen LogP contribution is 2.23. The van der Waals surface area contributed by atoms with E-state index in [1.807, 2.05) is 0 Å². The van der Waals surface area contributed by atoms with Gasteiger partial charge in [-0.05, 0) is 19.3 Å². The van der Waals surface area contributed by atoms with E-state index in [1.54, 1.807) is 4.90 Å². The number of carbonyl (C=O) groups excluding carboxylic acids is 2. The van der Waals surface area contributed by atoms with Gasteiger partial charge in [-0.15, -0.1) is 0 Å². The van der Waals surface area contributed by atoms with Gasteiger partial charge in [-0.1, -0.05) is 26.2 Å². The van der Waals surface area contributed by atoms with Crippen molar-refractivity contribution in [3.63, 3.8) is 0 Å². The van der Waals surface area contributed by atoms with Crippen LogP contribution in [-0.2, 0) is 9.53 Å². The Labute approximate surface area is 109 Å². The molecule has 0 aromatic rings. The van der Waals surface area contributed by atoms with Crippen molar-refractivity contribution in [3.8, 4) is 0 Å². The topological polar surface area (TPSA) is 58.6 Å². The van der Waals surface area contributed by atoms with Gasteiger partial charge in [0.05, 0.1) is 7.11 Å². The van der Waals surface area contributed by atoms with Crippen LogP contribution >= 0.6 is 0 Å². The zero-order valence-corrected chi connectivity index (χ0v) is 11.4. The lowest BCUT2D eigenvalue weighted by Crippen LogP contribution is -2.48. The van der Waals surface area contributed by atoms with Crippen molar-refractivity contribution in [3.05, 3.63) is 0 Å². The maximum Gasteiger partial charge on any atom is 0.325 e. The Morgan fingerprint density at radius 2 is 2.00 bits per heavy atom. The average molecular weight is 256 g/mol. The number of amides is 2. The molecule has 2 amide bonds. The van der Waals surface area contributed by atoms with E-state index in [1.165, 1.54) is 7.11 Å². The number of nitrogens with one attached hydrogen (secondary N) is 1. The van der Waals surface area contributed by atoms with E-state index in [0.29, 0.717) is 6.54 Å². The van der Waals surface area contributed by atoms with Crippen LogP contribution in [0.5, 0.6) is 0 Å². The number of ether oxygens (including phenoxy) is 1. The van der Waals surface area contributed by atoms with Crippen molar-refractivity contribution in [1.29, 1.82) is 0 Å². The molecule has 1 aliphatic rings. The lowest BCUT2D eigenvalue weighted by molar-refractivity contribution is -0.141. The molecule has 0 aromatic carbocycles. The van der Waals surface area contributed by atoms with Crippen LogP contribution in [0.4, 0.5) is 4.79 Å². The number of carbonyl (C=O) groups is 2. The Bertz CT molecular complexity index is 275. The van der Waals surface area contributed by atoms with Crippen LogP contribution in [0, 0.1) is 0 Å². The molecule has 1 saturated carbocycles. The monoisotopic (exact) mass is 256 g/mol. The van der Waals surface area contributed by atoms with Gasteiger partial charge in [0.15, 0.2) is 0 Å². The minimum Gasteiger partial charge on any atom is -0.468 e. The summed E-state index contributed by atoms with van der Waals surface area (Å²) in [6, 6.07) is 0.0477. The second-order valence-electron chi connectivity index (χ2n) is 4.73. The molecule has 5 heteroatoms. The molecule has 104 valence electrons. The van der Waals surface area contributed by atoms with Crippen LogP contribution in [0.25, 0.3) is 0 Å². The number of hydrogen-bond donors (Lipinski definition) is 1. The quantitative estimate of drug-likeness (QED) is 0.583. The first kappa shape index (κ1) is 14.8. The normalized spacial score (nSPS) is 15.4. The minimum absolute atomic E-state index is 0.0547. The first-order chi connectivity index (χ1) is 8.69. The standard InChI is InChI=1S/C13H24N2O3/c1-3-4-9-14-13(17)15(10-12(16)18-2)11-7-5-6-8-11/h11H,3-10H2,1-2H3,(H,14,17). The van der Waals surface area contributed by atoms with E-state index in [9.17, 15) is 9.59 Å². The summed E-state index contributed by atoms with van der Waals surface area (Å²) in [6.07, 6.45) is 6.23. The Morgan fingerprint density at radius 1 is 1.33 bits per heavy atom. The van der Waals surface area contributed by atoms with Crippen molar-refractivity contribution in [1.82, 2.24) is 10.2 Å². The first-order valence-corrected chi connectivity index (χ1v) is 6.80. The predicted molar refractivity (Wildman–Crippen MR) is 69.3 cm³/mol. The number of esters is 1. The second-order valence-corrected chi connectivity index (χ2v) is 4.73. The molecule has 0 radical (unpaired) electrons. The smallest absolute Gasteiger partial charge is 0.325 e. The average Bonchev–Trinajstić information content (AvgIpc) is 2.89. The molecule has 1 rings (SSSR count). The van der Waals surface area contributed by atoms with Crippen LogP contribution in [0.1, 0.15) is 45.4 Å². The van der Waals surface area contributed by atoms with Gasteiger partial charge >= 0.3 is 12.0 Å². The van der Waals surface area contributed by atoms with Crippen LogP contribution in [-0.4, -0.2) is 43.1 Å². The number of rotatable bonds is 6. The molecule has 0 aliphatic heterocycles. The van der Waals surface area contributed by atoms with E-state index in [-0.39, 0.29) is 24.6 Å². The Morgan fingerprint density at radius 3 is 2.56 bits per heavy atom. The summed E-state index contributed by atoms with van der Waals surface area (Å²) in [7, 11) is 1.35. The van der Waals surface area contributed by atoms with Gasteiger partial charge in [-0.25, -0.2) is 4.79 Å². The molecule has 18 heavy (non-hydrogen) atoms. The van der Waals surface area contributed by atoms with Crippen LogP contribution in [0.2, 0.25) is 0 Å². The van der Waals surface area contributed by atoms with Gasteiger partial charge in [-0.3, -0.25) is 4.79 Å². The number of nitrogens with zero attached hydrogens (tertiary/aromatic N) is 1. The van der Waals surface area contributed by atoms with Crippen molar-refractivity contribution in [2.75, 3.05) is 20.2 Å². The van der Waals surface area contributed by atoms with E-state index in [0.717, 1.165) is 38.5 Å². The molecule has 0 bridgehead atoms. The molecule has 0 aromatic heterocycles. The lowest BCUT2D eigenvalue weighted by Gasteiger charge is -2.28. The first-order valence-electron chi connectivity index (χ1n) is 6.80. The minimum atomic E-state index is -0.354. The maximum atomic E-state index is 12.1. The molecule has 0 heterocycles. The summed E-state index contributed by atoms with van der Waals surface area (Å²) in [6.45, 7) is 2.80. The van der Waals surface area contributed by atoms with Gasteiger partial charge in [0.2, 0.25) is 0 Å². The number of hydrogen-bond acceptors (Lipinski definition) is 3. The fraction of sp³-hybridized carbons (Fsp3) is 0.846. The highest BCUT2D eigenvalue weighted by molar-refractivity contribution is 5.81. The van der Waals surface area contributed by atoms with Crippen molar-refractivity contribution in [2.24, 2.45) is 0 Å². The third-order valence-electron chi connectivity index (χ3n) is 3.36. The maximum absolute atomic E-state index is 12.1. The van der Waals surface area contributed by atoms with Crippen LogP contribution < -0.4 is 5.32 Å². The van der Waals surface area contributed by atoms with Gasteiger partial charge < -0.3 is 15.0 Å². The van der Waals surface area contributed by atoms with Gasteiger partial charge in [0.25, 0.3) is 0 Å². The summed E-state index contributed by atoms with van der Waals surface area (Å²) >= 11 is 0. The fourth-order valence-electron chi connectivity index (χ4n) is 2.26. The SMILES string of the molecule is CCCCNC(=O)N(CC(=O)OC)C1CCCC1. The van der Waals surface area contributed by atoms with Gasteiger partial charge in [-0.2, -0.15) is 0 Å². The summed E-state index contributed by atoms with van der Waals surface area (Å²) in [5, 5.41) is 2.87. The summed E-state index contributed by atoms with van der Waals surface area (Å²) in [5.41, 5.74) is 0. The molecule has 0 unspecified atom stereocenters. The molecule has 1 aliphatic carbocycles. The Balaban J connectivity index is 2.52. The van der Waals surface area contributed by atoms with Crippen LogP contribution in [0.3, 0.4) is 0 Å². The van der Waals surface area contributed by atoms with E-state index < -0.39 is 0 Å². The summed E-state index contributed by atoms with van der Waals surface area (Å²) < 4.78 is 4.66. The molecule has 0 spiro atoms. The van der Waals surface area contributed by atoms with Crippen molar-refractivity contribution < 1.29 is 14.3 Å². The third-order valence-corrected chi connectivity index (χ3v) is 3.36. The van der Waals surface area contributed by atoms with Gasteiger partial charge in [0, 0.05) is 12.6 Å². The second kappa shape index (κ2) is 7.95. The third kappa shape index (κ3) is 4.55. The van der Waals surface area contributed by atoms with Gasteiger partial charge in [0.1, 0.15) is 6.54 Å². The number of unbranched alkanes of at least 4 members (excludes halogenated alkanes) is 1. The molecular formula is C13H24N2O3. The van der Waals surface area contributed by atoms with Crippen molar-refractivity contribution in [2.45, 2.75) is 51.5 Å². The largest absolute Gasteiger partial charge is 0.468 e. The molecule has 5 nitrogen and oxygen atoms in total. The van der Waals surface area contributed by atoms with Crippen LogP contribution in [0.15, 0.2) is 0 Å². The predicted octanol–water partition coefficient (Wildman–Crippen LogP) is 1.91. The number of urea groups is 1. The van der Waals surface area contributed by atoms with E-state index in [2.05, 4.69) is 17.0 Å². The zero-order valence-electron chi connectivity index (χ0n) is 11.4. The molecule has 0 atom stereocenters. The number of methoxy groups -OCH3 is 1. The lowest BCUT2D eigenvalue weighted by atomic mass is 10.2. The summed E-state index contributed by atoms with van der Waals surface area (Å²) in [4.78, 5) is 25.1. The molecule has 1 N–H and O–H groups in total. The zero-order chi connectivity index (χ0) is 13.4. The highest BCUT2D eigenvalue weighted by atomic mass is 16.5. The molecular weight excluding hydrogens is 232 g/mol. The highest BCUT2D eigenvalue weighted by Gasteiger charge is 2.28. The molecule has 0 saturated heterocycles. The van der Waals surface area contributed by atoms with E-state index in [4.69, 9.17) is 0 Å². The Kier molecular flexibility index (Phi) is 6.54. The summed E-state index contributed by atoms with van der Waals surface area (Å²) in [5.74, 6) is -0.354. The molecule has 1 fully saturated rings. The van der Waals surface area contributed by atoms with Crippen molar-refractivity contribution >= 4 is 12.0 Å². The van der Waals surface area contributed by atoms with E-state index >= 15 is 0 Å².